The number of azide groups is 1. The highest BCUT2D eigenvalue weighted by atomic mass is 35.5. The lowest BCUT2D eigenvalue weighted by atomic mass is 10.2. The normalized spacial score (nSPS) is 23.0. The molecule has 56 valence electrons. The van der Waals surface area contributed by atoms with Crippen LogP contribution >= 0.6 is 11.6 Å². The summed E-state index contributed by atoms with van der Waals surface area (Å²) in [5.41, 5.74) is 7.91. The third-order valence-corrected chi connectivity index (χ3v) is 2.27. The lowest BCUT2D eigenvalue weighted by Gasteiger charge is -2.11. The highest BCUT2D eigenvalue weighted by Crippen LogP contribution is 2.45. The fourth-order valence-corrected chi connectivity index (χ4v) is 0.894. The van der Waals surface area contributed by atoms with Crippen LogP contribution in [-0.2, 0) is 0 Å². The number of hydrogen-bond acceptors (Lipinski definition) is 2. The molecule has 0 radical (unpaired) electrons. The van der Waals surface area contributed by atoms with Gasteiger partial charge in [0, 0.05) is 4.91 Å². The number of halogens is 1. The van der Waals surface area contributed by atoms with Crippen LogP contribution in [0.2, 0.25) is 0 Å². The Labute approximate surface area is 63.4 Å². The molecule has 1 N–H and O–H groups in total. The molecule has 0 spiro atoms. The van der Waals surface area contributed by atoms with E-state index in [1.807, 2.05) is 0 Å². The van der Waals surface area contributed by atoms with Gasteiger partial charge in [0.2, 0.25) is 0 Å². The molecular formula is C5H8ClN3O. The van der Waals surface area contributed by atoms with Gasteiger partial charge < -0.3 is 5.11 Å². The Hall–Kier alpha value is -0.440. The molecule has 0 bridgehead atoms. The number of aliphatic hydroxyl groups is 1. The van der Waals surface area contributed by atoms with Crippen molar-refractivity contribution in [1.29, 1.82) is 0 Å². The molecule has 1 fully saturated rings. The summed E-state index contributed by atoms with van der Waals surface area (Å²) in [5.74, 6) is 0. The highest BCUT2D eigenvalue weighted by molar-refractivity contribution is 6.26. The summed E-state index contributed by atoms with van der Waals surface area (Å²) in [6, 6.07) is 0. The number of alkyl halides is 1. The predicted molar refractivity (Wildman–Crippen MR) is 37.8 cm³/mol. The first-order chi connectivity index (χ1) is 4.69. The average molecular weight is 162 g/mol. The van der Waals surface area contributed by atoms with Crippen LogP contribution in [0.3, 0.4) is 0 Å². The van der Waals surface area contributed by atoms with E-state index >= 15 is 0 Å². The Morgan fingerprint density at radius 2 is 2.40 bits per heavy atom. The first-order valence-electron chi connectivity index (χ1n) is 3.07. The van der Waals surface area contributed by atoms with Crippen molar-refractivity contribution in [3.05, 3.63) is 10.4 Å². The summed E-state index contributed by atoms with van der Waals surface area (Å²) in [6.07, 6.45) is 0.956. The van der Waals surface area contributed by atoms with Crippen molar-refractivity contribution < 1.29 is 5.11 Å². The second-order valence-corrected chi connectivity index (χ2v) is 3.22. The van der Waals surface area contributed by atoms with Gasteiger partial charge in [-0.3, -0.25) is 0 Å². The van der Waals surface area contributed by atoms with Crippen molar-refractivity contribution in [1.82, 2.24) is 0 Å². The van der Waals surface area contributed by atoms with Gasteiger partial charge in [0.15, 0.2) is 0 Å². The third kappa shape index (κ3) is 1.53. The van der Waals surface area contributed by atoms with Crippen molar-refractivity contribution in [2.45, 2.75) is 23.8 Å². The minimum atomic E-state index is -0.676. The van der Waals surface area contributed by atoms with E-state index in [4.69, 9.17) is 17.1 Å². The lowest BCUT2D eigenvalue weighted by Crippen LogP contribution is -2.24. The Morgan fingerprint density at radius 1 is 1.80 bits per heavy atom. The van der Waals surface area contributed by atoms with Crippen LogP contribution in [0, 0.1) is 0 Å². The van der Waals surface area contributed by atoms with Gasteiger partial charge in [-0.15, -0.1) is 11.6 Å². The van der Waals surface area contributed by atoms with E-state index in [0.29, 0.717) is 0 Å². The summed E-state index contributed by atoms with van der Waals surface area (Å²) in [4.78, 5) is 2.05. The van der Waals surface area contributed by atoms with Crippen LogP contribution < -0.4 is 0 Å². The molecule has 0 aromatic carbocycles. The van der Waals surface area contributed by atoms with E-state index in [2.05, 4.69) is 10.0 Å². The van der Waals surface area contributed by atoms with Gasteiger partial charge >= 0.3 is 0 Å². The number of hydrogen-bond donors (Lipinski definition) is 1. The molecule has 0 amide bonds. The largest absolute Gasteiger partial charge is 0.391 e. The van der Waals surface area contributed by atoms with Gasteiger partial charge in [-0.1, -0.05) is 5.11 Å². The Balaban J connectivity index is 2.34. The summed E-state index contributed by atoms with van der Waals surface area (Å²) in [6.45, 7) is 0.0833. The average Bonchev–Trinajstić information content (AvgIpc) is 2.64. The Kier molecular flexibility index (Phi) is 2.04. The summed E-state index contributed by atoms with van der Waals surface area (Å²) in [5, 5.41) is 12.4. The quantitative estimate of drug-likeness (QED) is 0.289. The first-order valence-corrected chi connectivity index (χ1v) is 3.45. The monoisotopic (exact) mass is 161 g/mol. The van der Waals surface area contributed by atoms with Gasteiger partial charge in [0.1, 0.15) is 0 Å². The lowest BCUT2D eigenvalue weighted by molar-refractivity contribution is 0.170. The molecule has 0 unspecified atom stereocenters. The Bertz CT molecular complexity index is 174. The molecule has 1 atom stereocenters. The zero-order valence-electron chi connectivity index (χ0n) is 5.37. The molecule has 0 aliphatic heterocycles. The van der Waals surface area contributed by atoms with Gasteiger partial charge in [0.05, 0.1) is 17.5 Å². The predicted octanol–water partition coefficient (Wildman–Crippen LogP) is 1.43. The molecule has 1 saturated carbocycles. The number of aliphatic hydroxyl groups excluding tert-OH is 1. The van der Waals surface area contributed by atoms with Crippen LogP contribution in [0.4, 0.5) is 0 Å². The highest BCUT2D eigenvalue weighted by Gasteiger charge is 2.46. The molecule has 0 aromatic heterocycles. The van der Waals surface area contributed by atoms with Gasteiger partial charge in [-0.2, -0.15) is 0 Å². The van der Waals surface area contributed by atoms with Gasteiger partial charge in [-0.25, -0.2) is 0 Å². The number of rotatable bonds is 3. The summed E-state index contributed by atoms with van der Waals surface area (Å²) < 4.78 is 0. The fourth-order valence-electron chi connectivity index (χ4n) is 0.730. The van der Waals surface area contributed by atoms with E-state index in [9.17, 15) is 5.11 Å². The maximum Gasteiger partial charge on any atom is 0.0788 e. The van der Waals surface area contributed by atoms with E-state index in [-0.39, 0.29) is 6.54 Å². The second kappa shape index (κ2) is 2.66. The number of nitrogens with zero attached hydrogens (tertiary/aromatic N) is 3. The summed E-state index contributed by atoms with van der Waals surface area (Å²) in [7, 11) is 0. The molecule has 10 heavy (non-hydrogen) atoms. The second-order valence-electron chi connectivity index (χ2n) is 2.46. The van der Waals surface area contributed by atoms with E-state index in [0.717, 1.165) is 12.8 Å². The fraction of sp³-hybridized carbons (Fsp3) is 1.00. The van der Waals surface area contributed by atoms with Gasteiger partial charge in [-0.05, 0) is 18.4 Å². The maximum absolute atomic E-state index is 9.18. The van der Waals surface area contributed by atoms with E-state index in [1.54, 1.807) is 0 Å². The van der Waals surface area contributed by atoms with Crippen LogP contribution in [0.15, 0.2) is 5.11 Å². The van der Waals surface area contributed by atoms with Gasteiger partial charge in [0.25, 0.3) is 0 Å². The van der Waals surface area contributed by atoms with Crippen LogP contribution in [0.25, 0.3) is 10.4 Å². The topological polar surface area (TPSA) is 69.0 Å². The molecule has 0 aromatic rings. The SMILES string of the molecule is [N-]=[N+]=NC[C@H](O)C1(Cl)CC1. The van der Waals surface area contributed by atoms with Crippen molar-refractivity contribution in [2.24, 2.45) is 5.11 Å². The van der Waals surface area contributed by atoms with Crippen molar-refractivity contribution in [2.75, 3.05) is 6.54 Å². The standard InChI is InChI=1S/C5H8ClN3O/c6-5(1-2-5)4(10)3-8-9-7/h4,10H,1-3H2/t4-/m0/s1. The Morgan fingerprint density at radius 3 is 2.80 bits per heavy atom. The first kappa shape index (κ1) is 7.66. The van der Waals surface area contributed by atoms with Crippen molar-refractivity contribution in [3.63, 3.8) is 0 Å². The van der Waals surface area contributed by atoms with E-state index < -0.39 is 11.0 Å². The molecule has 1 aliphatic carbocycles. The van der Waals surface area contributed by atoms with Crippen LogP contribution in [0.1, 0.15) is 12.8 Å². The molecule has 4 nitrogen and oxygen atoms in total. The van der Waals surface area contributed by atoms with E-state index in [1.165, 1.54) is 0 Å². The minimum Gasteiger partial charge on any atom is -0.391 e. The van der Waals surface area contributed by atoms with Crippen LogP contribution in [0.5, 0.6) is 0 Å². The molecule has 1 aliphatic rings. The van der Waals surface area contributed by atoms with Crippen LogP contribution in [-0.4, -0.2) is 22.6 Å². The zero-order valence-corrected chi connectivity index (χ0v) is 6.12. The van der Waals surface area contributed by atoms with Crippen molar-refractivity contribution in [3.8, 4) is 0 Å². The molecule has 1 rings (SSSR count). The third-order valence-electron chi connectivity index (χ3n) is 1.64. The zero-order chi connectivity index (χ0) is 7.61. The smallest absolute Gasteiger partial charge is 0.0788 e. The molecular weight excluding hydrogens is 154 g/mol. The summed E-state index contributed by atoms with van der Waals surface area (Å²) >= 11 is 5.80. The van der Waals surface area contributed by atoms with Crippen molar-refractivity contribution >= 4 is 11.6 Å². The minimum absolute atomic E-state index is 0.0833. The maximum atomic E-state index is 9.18. The molecule has 0 saturated heterocycles. The molecule has 5 heteroatoms. The molecule has 0 heterocycles.